The van der Waals surface area contributed by atoms with E-state index in [2.05, 4.69) is 17.9 Å². The van der Waals surface area contributed by atoms with Crippen molar-refractivity contribution in [3.63, 3.8) is 0 Å². The van der Waals surface area contributed by atoms with Crippen molar-refractivity contribution in [2.45, 2.75) is 19.9 Å². The highest BCUT2D eigenvalue weighted by Gasteiger charge is 2.06. The fraction of sp³-hybridized carbons (Fsp3) is 0.462. The summed E-state index contributed by atoms with van der Waals surface area (Å²) >= 11 is 0. The number of benzene rings is 1. The average Bonchev–Trinajstić information content (AvgIpc) is 2.34. The molecule has 0 saturated heterocycles. The molecule has 3 heteroatoms. The van der Waals surface area contributed by atoms with Crippen LogP contribution in [0, 0.1) is 11.3 Å². The van der Waals surface area contributed by atoms with E-state index in [1.807, 2.05) is 24.3 Å². The summed E-state index contributed by atoms with van der Waals surface area (Å²) in [6.45, 7) is 4.88. The standard InChI is InChI=1S/C13H18N2O/c1-2-15(8-5-9-16)11-13-7-4-3-6-12(13)10-14/h3-4,6-7,16H,2,5,8-9,11H2,1H3. The van der Waals surface area contributed by atoms with Gasteiger partial charge < -0.3 is 5.11 Å². The van der Waals surface area contributed by atoms with Crippen LogP contribution in [0.2, 0.25) is 0 Å². The molecule has 1 aromatic rings. The number of aliphatic hydroxyl groups is 1. The summed E-state index contributed by atoms with van der Waals surface area (Å²) < 4.78 is 0. The van der Waals surface area contributed by atoms with Gasteiger partial charge in [-0.2, -0.15) is 5.26 Å². The second-order valence-electron chi connectivity index (χ2n) is 3.71. The van der Waals surface area contributed by atoms with Crippen LogP contribution in [-0.4, -0.2) is 29.7 Å². The van der Waals surface area contributed by atoms with Crippen molar-refractivity contribution in [2.24, 2.45) is 0 Å². The fourth-order valence-corrected chi connectivity index (χ4v) is 1.65. The van der Waals surface area contributed by atoms with Gasteiger partial charge in [-0.15, -0.1) is 0 Å². The summed E-state index contributed by atoms with van der Waals surface area (Å²) in [7, 11) is 0. The number of nitrogens with zero attached hydrogens (tertiary/aromatic N) is 2. The third kappa shape index (κ3) is 3.65. The molecular formula is C13H18N2O. The lowest BCUT2D eigenvalue weighted by atomic mass is 10.1. The molecule has 16 heavy (non-hydrogen) atoms. The first-order valence-corrected chi connectivity index (χ1v) is 5.63. The SMILES string of the molecule is CCN(CCCO)Cc1ccccc1C#N. The summed E-state index contributed by atoms with van der Waals surface area (Å²) in [5.74, 6) is 0. The Morgan fingerprint density at radius 3 is 2.75 bits per heavy atom. The van der Waals surface area contributed by atoms with Gasteiger partial charge in [-0.1, -0.05) is 25.1 Å². The van der Waals surface area contributed by atoms with Crippen LogP contribution >= 0.6 is 0 Å². The fourth-order valence-electron chi connectivity index (χ4n) is 1.65. The Morgan fingerprint density at radius 1 is 1.38 bits per heavy atom. The van der Waals surface area contributed by atoms with E-state index >= 15 is 0 Å². The first-order valence-electron chi connectivity index (χ1n) is 5.63. The molecule has 1 aromatic carbocycles. The zero-order valence-corrected chi connectivity index (χ0v) is 9.69. The Bertz CT molecular complexity index is 357. The van der Waals surface area contributed by atoms with Crippen molar-refractivity contribution in [1.29, 1.82) is 5.26 Å². The van der Waals surface area contributed by atoms with E-state index in [9.17, 15) is 0 Å². The number of nitriles is 1. The Labute approximate surface area is 96.9 Å². The summed E-state index contributed by atoms with van der Waals surface area (Å²) in [6.07, 6.45) is 0.780. The average molecular weight is 218 g/mol. The molecule has 0 aliphatic rings. The van der Waals surface area contributed by atoms with Crippen molar-refractivity contribution in [2.75, 3.05) is 19.7 Å². The molecule has 1 rings (SSSR count). The second kappa shape index (κ2) is 7.00. The highest BCUT2D eigenvalue weighted by Crippen LogP contribution is 2.10. The summed E-state index contributed by atoms with van der Waals surface area (Å²) in [5, 5.41) is 17.8. The lowest BCUT2D eigenvalue weighted by molar-refractivity contribution is 0.225. The molecule has 0 spiro atoms. The van der Waals surface area contributed by atoms with Gasteiger partial charge in [0, 0.05) is 19.7 Å². The first kappa shape index (κ1) is 12.7. The lowest BCUT2D eigenvalue weighted by Gasteiger charge is -2.20. The maximum atomic E-state index is 8.97. The summed E-state index contributed by atoms with van der Waals surface area (Å²) in [4.78, 5) is 2.23. The van der Waals surface area contributed by atoms with Gasteiger partial charge in [0.25, 0.3) is 0 Å². The van der Waals surface area contributed by atoms with Crippen LogP contribution in [0.1, 0.15) is 24.5 Å². The minimum absolute atomic E-state index is 0.219. The van der Waals surface area contributed by atoms with Gasteiger partial charge in [0.05, 0.1) is 11.6 Å². The number of hydrogen-bond donors (Lipinski definition) is 1. The van der Waals surface area contributed by atoms with Crippen LogP contribution in [0.4, 0.5) is 0 Å². The molecule has 0 radical (unpaired) electrons. The molecule has 0 fully saturated rings. The van der Waals surface area contributed by atoms with Crippen LogP contribution in [0.3, 0.4) is 0 Å². The van der Waals surface area contributed by atoms with Crippen molar-refractivity contribution in [3.8, 4) is 6.07 Å². The predicted molar refractivity (Wildman–Crippen MR) is 63.8 cm³/mol. The smallest absolute Gasteiger partial charge is 0.0995 e. The molecule has 0 atom stereocenters. The van der Waals surface area contributed by atoms with Gasteiger partial charge in [0.1, 0.15) is 0 Å². The Hall–Kier alpha value is -1.37. The van der Waals surface area contributed by atoms with Crippen LogP contribution < -0.4 is 0 Å². The van der Waals surface area contributed by atoms with Gasteiger partial charge in [-0.25, -0.2) is 0 Å². The molecule has 86 valence electrons. The van der Waals surface area contributed by atoms with Crippen LogP contribution in [0.5, 0.6) is 0 Å². The molecule has 0 amide bonds. The van der Waals surface area contributed by atoms with E-state index < -0.39 is 0 Å². The highest BCUT2D eigenvalue weighted by atomic mass is 16.3. The quantitative estimate of drug-likeness (QED) is 0.791. The Kier molecular flexibility index (Phi) is 5.55. The Balaban J connectivity index is 2.66. The maximum absolute atomic E-state index is 8.97. The van der Waals surface area contributed by atoms with Gasteiger partial charge in [-0.3, -0.25) is 4.90 Å². The van der Waals surface area contributed by atoms with Gasteiger partial charge >= 0.3 is 0 Å². The highest BCUT2D eigenvalue weighted by molar-refractivity contribution is 5.37. The molecule has 0 saturated carbocycles. The van der Waals surface area contributed by atoms with Gasteiger partial charge in [0.15, 0.2) is 0 Å². The Morgan fingerprint density at radius 2 is 2.12 bits per heavy atom. The van der Waals surface area contributed by atoms with Crippen LogP contribution in [0.15, 0.2) is 24.3 Å². The maximum Gasteiger partial charge on any atom is 0.0995 e. The van der Waals surface area contributed by atoms with Gasteiger partial charge in [-0.05, 0) is 24.6 Å². The third-order valence-electron chi connectivity index (χ3n) is 2.61. The van der Waals surface area contributed by atoms with E-state index in [0.29, 0.717) is 0 Å². The zero-order valence-electron chi connectivity index (χ0n) is 9.69. The van der Waals surface area contributed by atoms with Crippen molar-refractivity contribution in [1.82, 2.24) is 4.90 Å². The molecule has 0 aliphatic carbocycles. The molecule has 0 heterocycles. The number of hydrogen-bond acceptors (Lipinski definition) is 3. The number of aliphatic hydroxyl groups excluding tert-OH is 1. The van der Waals surface area contributed by atoms with Crippen LogP contribution in [-0.2, 0) is 6.54 Å². The van der Waals surface area contributed by atoms with Crippen molar-refractivity contribution >= 4 is 0 Å². The number of rotatable bonds is 6. The van der Waals surface area contributed by atoms with Crippen molar-refractivity contribution < 1.29 is 5.11 Å². The molecular weight excluding hydrogens is 200 g/mol. The molecule has 0 unspecified atom stereocenters. The largest absolute Gasteiger partial charge is 0.396 e. The first-order chi connectivity index (χ1) is 7.81. The van der Waals surface area contributed by atoms with E-state index in [1.54, 1.807) is 0 Å². The van der Waals surface area contributed by atoms with E-state index in [-0.39, 0.29) is 6.61 Å². The minimum atomic E-state index is 0.219. The van der Waals surface area contributed by atoms with E-state index in [1.165, 1.54) is 0 Å². The molecule has 3 nitrogen and oxygen atoms in total. The minimum Gasteiger partial charge on any atom is -0.396 e. The monoisotopic (exact) mass is 218 g/mol. The summed E-state index contributed by atoms with van der Waals surface area (Å²) in [5.41, 5.74) is 1.80. The van der Waals surface area contributed by atoms with E-state index in [4.69, 9.17) is 10.4 Å². The third-order valence-corrected chi connectivity index (χ3v) is 2.61. The predicted octanol–water partition coefficient (Wildman–Crippen LogP) is 1.76. The summed E-state index contributed by atoms with van der Waals surface area (Å²) in [6, 6.07) is 9.87. The topological polar surface area (TPSA) is 47.3 Å². The van der Waals surface area contributed by atoms with Crippen molar-refractivity contribution in [3.05, 3.63) is 35.4 Å². The zero-order chi connectivity index (χ0) is 11.8. The molecule has 1 N–H and O–H groups in total. The van der Waals surface area contributed by atoms with Gasteiger partial charge in [0.2, 0.25) is 0 Å². The normalized spacial score (nSPS) is 10.4. The molecule has 0 aromatic heterocycles. The molecule has 0 bridgehead atoms. The van der Waals surface area contributed by atoms with E-state index in [0.717, 1.165) is 37.2 Å². The lowest BCUT2D eigenvalue weighted by Crippen LogP contribution is -2.25. The second-order valence-corrected chi connectivity index (χ2v) is 3.71. The van der Waals surface area contributed by atoms with Crippen LogP contribution in [0.25, 0.3) is 0 Å². The molecule has 0 aliphatic heterocycles.